The maximum atomic E-state index is 12.8. The summed E-state index contributed by atoms with van der Waals surface area (Å²) in [4.78, 5) is 8.81. The molecule has 293 valence electrons. The molecule has 0 spiro atoms. The van der Waals surface area contributed by atoms with Crippen LogP contribution in [0.2, 0.25) is 0 Å². The number of furan rings is 1. The molecule has 3 aromatic heterocycles. The summed E-state index contributed by atoms with van der Waals surface area (Å²) in [5, 5.41) is 5.98. The molecule has 0 bridgehead atoms. The maximum Gasteiger partial charge on any atom is 0.121 e. The van der Waals surface area contributed by atoms with Crippen LogP contribution in [0, 0.1) is 37.1 Å². The number of benzene rings is 6. The average molecular weight is 948 g/mol. The van der Waals surface area contributed by atoms with E-state index in [1.54, 1.807) is 39.1 Å². The number of aryl methyl sites for hydroxylation is 2. The van der Waals surface area contributed by atoms with Gasteiger partial charge in [-0.25, -0.2) is 0 Å². The van der Waals surface area contributed by atoms with E-state index in [0.717, 1.165) is 43.6 Å². The molecule has 0 aliphatic rings. The molecule has 3 heterocycles. The Balaban J connectivity index is 0.000000312. The van der Waals surface area contributed by atoms with Crippen LogP contribution in [0.4, 0.5) is 4.39 Å². The molecule has 0 N–H and O–H groups in total. The third-order valence-corrected chi connectivity index (χ3v) is 9.86. The molecule has 0 atom stereocenters. The second-order valence-corrected chi connectivity index (χ2v) is 16.3. The molecular formula is C53H47FIrN2O-2. The summed E-state index contributed by atoms with van der Waals surface area (Å²) in [6.45, 7) is 6.06. The first-order chi connectivity index (χ1) is 30.8. The van der Waals surface area contributed by atoms with Crippen LogP contribution in [0.25, 0.3) is 77.1 Å². The zero-order valence-electron chi connectivity index (χ0n) is 42.1. The SMILES string of the molecule is CC(C)(C)c1ccnc(-c2[c-]cc(F)cc2)c1.[2H]c1cc(C([2H])([2H])C(C)(C)C)cc(C([2H])([2H])[2H])c1-c1cc(-c2[c-]ccc3c2oc2cc4c(ccc5ccccc54)cc23)ncc1C([2H])([2H])[2H].[Ir]. The van der Waals surface area contributed by atoms with Gasteiger partial charge in [-0.15, -0.1) is 48.0 Å². The van der Waals surface area contributed by atoms with Crippen LogP contribution < -0.4 is 0 Å². The molecule has 9 aromatic rings. The van der Waals surface area contributed by atoms with Gasteiger partial charge in [-0.2, -0.15) is 0 Å². The van der Waals surface area contributed by atoms with E-state index in [1.807, 2.05) is 36.4 Å². The molecule has 58 heavy (non-hydrogen) atoms. The fourth-order valence-electron chi connectivity index (χ4n) is 7.07. The Kier molecular flexibility index (Phi) is 8.46. The first kappa shape index (κ1) is 30.6. The number of aromatic nitrogens is 2. The summed E-state index contributed by atoms with van der Waals surface area (Å²) in [6.07, 6.45) is 0.992. The van der Waals surface area contributed by atoms with Crippen molar-refractivity contribution in [2.24, 2.45) is 5.41 Å². The predicted molar refractivity (Wildman–Crippen MR) is 236 cm³/mol. The monoisotopic (exact) mass is 948 g/mol. The third-order valence-electron chi connectivity index (χ3n) is 9.86. The zero-order valence-corrected chi connectivity index (χ0v) is 35.5. The van der Waals surface area contributed by atoms with E-state index >= 15 is 0 Å². The summed E-state index contributed by atoms with van der Waals surface area (Å²) < 4.78 is 95.9. The van der Waals surface area contributed by atoms with E-state index < -0.39 is 25.5 Å². The van der Waals surface area contributed by atoms with E-state index in [9.17, 15) is 4.39 Å². The number of hydrogen-bond donors (Lipinski definition) is 0. The van der Waals surface area contributed by atoms with E-state index in [0.29, 0.717) is 16.7 Å². The first-order valence-corrected chi connectivity index (χ1v) is 18.8. The molecule has 0 saturated carbocycles. The standard InChI is InChI=1S/C38H32NO.C15H15FN.Ir/c1-23-17-25(21-38(3,4)5)13-16-28(23)32-19-35(39-22-24(32)2)31-12-8-11-30-34-18-27-15-14-26-9-6-7-10-29(26)33(27)20-36(34)40-37(30)31;1-15(2,3)12-8-9-17-14(10-12)11-4-6-13(16)7-5-11;/h6-11,13-20,22H,21H2,1-5H3;4,6-10H,1-3H3;/q2*-1;/i1D3,2D3,16D,21D2;;. The number of fused-ring (bicyclic) bond motifs is 6. The third kappa shape index (κ3) is 8.39. The molecule has 9 rings (SSSR count). The van der Waals surface area contributed by atoms with Crippen molar-refractivity contribution in [1.29, 1.82) is 0 Å². The van der Waals surface area contributed by atoms with Gasteiger partial charge in [0.15, 0.2) is 0 Å². The van der Waals surface area contributed by atoms with E-state index in [1.165, 1.54) is 42.1 Å². The molecule has 1 radical (unpaired) electrons. The van der Waals surface area contributed by atoms with Crippen molar-refractivity contribution in [2.75, 3.05) is 0 Å². The van der Waals surface area contributed by atoms with Gasteiger partial charge >= 0.3 is 0 Å². The van der Waals surface area contributed by atoms with Gasteiger partial charge < -0.3 is 14.4 Å². The molecule has 6 aromatic carbocycles. The summed E-state index contributed by atoms with van der Waals surface area (Å²) in [5.74, 6) is -0.277. The summed E-state index contributed by atoms with van der Waals surface area (Å²) in [7, 11) is 0. The number of halogens is 1. The van der Waals surface area contributed by atoms with Crippen LogP contribution in [0.5, 0.6) is 0 Å². The number of rotatable bonds is 4. The molecule has 0 amide bonds. The molecule has 0 fully saturated rings. The Morgan fingerprint density at radius 2 is 1.55 bits per heavy atom. The molecular weight excluding hydrogens is 892 g/mol. The van der Waals surface area contributed by atoms with Crippen LogP contribution in [-0.2, 0) is 31.9 Å². The van der Waals surface area contributed by atoms with Gasteiger partial charge in [0.05, 0.1) is 6.95 Å². The zero-order chi connectivity index (χ0) is 47.7. The quantitative estimate of drug-likeness (QED) is 0.130. The van der Waals surface area contributed by atoms with Crippen LogP contribution in [0.3, 0.4) is 0 Å². The van der Waals surface area contributed by atoms with Gasteiger partial charge in [-0.3, -0.25) is 4.39 Å². The average Bonchev–Trinajstić information content (AvgIpc) is 3.62. The topological polar surface area (TPSA) is 38.9 Å². The second-order valence-electron chi connectivity index (χ2n) is 16.3. The van der Waals surface area contributed by atoms with Crippen molar-refractivity contribution in [3.8, 4) is 33.6 Å². The predicted octanol–water partition coefficient (Wildman–Crippen LogP) is 14.6. The van der Waals surface area contributed by atoms with Crippen molar-refractivity contribution in [1.82, 2.24) is 9.97 Å². The van der Waals surface area contributed by atoms with Crippen molar-refractivity contribution >= 4 is 43.5 Å². The Labute approximate surface area is 367 Å². The van der Waals surface area contributed by atoms with Crippen molar-refractivity contribution < 1.29 is 41.2 Å². The van der Waals surface area contributed by atoms with Crippen molar-refractivity contribution in [3.05, 3.63) is 168 Å². The maximum absolute atomic E-state index is 12.8. The summed E-state index contributed by atoms with van der Waals surface area (Å²) in [6, 6.07) is 38.3. The molecule has 0 aliphatic carbocycles. The van der Waals surface area contributed by atoms with Gasteiger partial charge in [-0.1, -0.05) is 119 Å². The minimum absolute atomic E-state index is 0. The van der Waals surface area contributed by atoms with Gasteiger partial charge in [0.2, 0.25) is 0 Å². The molecule has 5 heteroatoms. The van der Waals surface area contributed by atoms with Crippen LogP contribution in [0.1, 0.15) is 76.1 Å². The number of nitrogens with zero attached hydrogens (tertiary/aromatic N) is 2. The molecule has 0 unspecified atom stereocenters. The largest absolute Gasteiger partial charge is 0.501 e. The smallest absolute Gasteiger partial charge is 0.121 e. The summed E-state index contributed by atoms with van der Waals surface area (Å²) >= 11 is 0. The molecule has 0 aliphatic heterocycles. The Bertz CT molecular complexity index is 3310. The Hall–Kier alpha value is -5.48. The Morgan fingerprint density at radius 3 is 2.31 bits per heavy atom. The van der Waals surface area contributed by atoms with Crippen molar-refractivity contribution in [2.45, 2.75) is 67.0 Å². The minimum atomic E-state index is -2.79. The molecule has 3 nitrogen and oxygen atoms in total. The van der Waals surface area contributed by atoms with E-state index in [2.05, 4.69) is 73.2 Å². The normalized spacial score (nSPS) is 14.8. The Morgan fingerprint density at radius 1 is 0.741 bits per heavy atom. The van der Waals surface area contributed by atoms with Crippen molar-refractivity contribution in [3.63, 3.8) is 0 Å². The first-order valence-electron chi connectivity index (χ1n) is 23.3. The van der Waals surface area contributed by atoms with Crippen LogP contribution in [0.15, 0.2) is 132 Å². The van der Waals surface area contributed by atoms with Gasteiger partial charge in [-0.05, 0) is 115 Å². The minimum Gasteiger partial charge on any atom is -0.501 e. The molecule has 0 saturated heterocycles. The fourth-order valence-corrected chi connectivity index (χ4v) is 7.07. The van der Waals surface area contributed by atoms with Gasteiger partial charge in [0.1, 0.15) is 5.58 Å². The van der Waals surface area contributed by atoms with Gasteiger partial charge in [0, 0.05) is 54.7 Å². The number of hydrogen-bond acceptors (Lipinski definition) is 3. The van der Waals surface area contributed by atoms with Crippen LogP contribution >= 0.6 is 0 Å². The van der Waals surface area contributed by atoms with Gasteiger partial charge in [0.25, 0.3) is 0 Å². The van der Waals surface area contributed by atoms with E-state index in [4.69, 9.17) is 16.8 Å². The second kappa shape index (κ2) is 16.0. The summed E-state index contributed by atoms with van der Waals surface area (Å²) in [5.41, 5.74) is 3.28. The van der Waals surface area contributed by atoms with Crippen LogP contribution in [-0.4, -0.2) is 9.97 Å². The van der Waals surface area contributed by atoms with E-state index in [-0.39, 0.29) is 70.9 Å². The fraction of sp³-hybridized carbons (Fsp3) is 0.208. The number of pyridine rings is 2.